The van der Waals surface area contributed by atoms with Crippen LogP contribution in [-0.2, 0) is 0 Å². The number of rotatable bonds is 6. The second kappa shape index (κ2) is 8.68. The number of aromatic nitrogens is 1. The van der Waals surface area contributed by atoms with Gasteiger partial charge in [0, 0.05) is 11.9 Å². The van der Waals surface area contributed by atoms with Gasteiger partial charge < -0.3 is 20.1 Å². The molecular weight excluding hydrogens is 358 g/mol. The fourth-order valence-corrected chi connectivity index (χ4v) is 2.58. The molecule has 0 unspecified atom stereocenters. The van der Waals surface area contributed by atoms with Gasteiger partial charge in [-0.25, -0.2) is 4.98 Å². The van der Waals surface area contributed by atoms with Gasteiger partial charge in [0.2, 0.25) is 5.88 Å². The molecule has 2 N–H and O–H groups in total. The number of ether oxygens (including phenoxy) is 2. The molecule has 0 aliphatic carbocycles. The number of nitrogens with zero attached hydrogens (tertiary/aromatic N) is 1. The summed E-state index contributed by atoms with van der Waals surface area (Å²) in [7, 11) is 3.01. The Morgan fingerprint density at radius 3 is 2.18 bits per heavy atom. The third-order valence-electron chi connectivity index (χ3n) is 3.98. The summed E-state index contributed by atoms with van der Waals surface area (Å²) in [4.78, 5) is 29.3. The average Bonchev–Trinajstić information content (AvgIpc) is 2.74. The van der Waals surface area contributed by atoms with E-state index in [1.807, 2.05) is 0 Å². The second-order valence-electron chi connectivity index (χ2n) is 5.74. The topological polar surface area (TPSA) is 89.6 Å². The Morgan fingerprint density at radius 2 is 1.46 bits per heavy atom. The summed E-state index contributed by atoms with van der Waals surface area (Å²) in [6.07, 6.45) is 1.53. The molecule has 1 aromatic heterocycles. The molecule has 0 fully saturated rings. The lowest BCUT2D eigenvalue weighted by Crippen LogP contribution is -2.19. The largest absolute Gasteiger partial charge is 0.497 e. The average molecular weight is 377 g/mol. The van der Waals surface area contributed by atoms with Gasteiger partial charge in [0.25, 0.3) is 11.8 Å². The van der Waals surface area contributed by atoms with E-state index in [4.69, 9.17) is 9.47 Å². The van der Waals surface area contributed by atoms with Gasteiger partial charge in [-0.3, -0.25) is 9.59 Å². The van der Waals surface area contributed by atoms with Crippen molar-refractivity contribution < 1.29 is 19.1 Å². The van der Waals surface area contributed by atoms with Crippen LogP contribution < -0.4 is 20.1 Å². The number of carbonyl (C=O) groups is 2. The van der Waals surface area contributed by atoms with Gasteiger partial charge in [-0.05, 0) is 48.5 Å². The Labute approximate surface area is 162 Å². The van der Waals surface area contributed by atoms with Crippen molar-refractivity contribution in [2.75, 3.05) is 24.9 Å². The highest BCUT2D eigenvalue weighted by Gasteiger charge is 2.17. The molecule has 28 heavy (non-hydrogen) atoms. The minimum absolute atomic E-state index is 0.208. The van der Waals surface area contributed by atoms with Crippen LogP contribution in [0.4, 0.5) is 11.4 Å². The van der Waals surface area contributed by atoms with E-state index in [-0.39, 0.29) is 17.4 Å². The molecule has 7 nitrogen and oxygen atoms in total. The van der Waals surface area contributed by atoms with Gasteiger partial charge >= 0.3 is 0 Å². The summed E-state index contributed by atoms with van der Waals surface area (Å²) in [6, 6.07) is 17.0. The van der Waals surface area contributed by atoms with Gasteiger partial charge in [0.05, 0.1) is 25.5 Å². The maximum absolute atomic E-state index is 12.7. The number of pyridine rings is 1. The fraction of sp³-hybridized carbons (Fsp3) is 0.0952. The molecule has 0 aliphatic rings. The van der Waals surface area contributed by atoms with E-state index < -0.39 is 5.91 Å². The van der Waals surface area contributed by atoms with Gasteiger partial charge in [-0.15, -0.1) is 0 Å². The van der Waals surface area contributed by atoms with Crippen molar-refractivity contribution in [3.63, 3.8) is 0 Å². The molecule has 0 spiro atoms. The van der Waals surface area contributed by atoms with E-state index in [1.165, 1.54) is 13.3 Å². The van der Waals surface area contributed by atoms with E-state index in [1.54, 1.807) is 67.8 Å². The number of benzene rings is 2. The zero-order chi connectivity index (χ0) is 19.9. The standard InChI is InChI=1S/C21H19N3O4/c1-27-15-11-9-14(10-12-15)23-19(25)16-6-3-4-8-18(16)24-20(26)17-7-5-13-22-21(17)28-2/h3-13H,1-2H3,(H,23,25)(H,24,26). The van der Waals surface area contributed by atoms with E-state index in [2.05, 4.69) is 15.6 Å². The van der Waals surface area contributed by atoms with Crippen LogP contribution in [-0.4, -0.2) is 31.0 Å². The van der Waals surface area contributed by atoms with Crippen LogP contribution in [0.15, 0.2) is 66.9 Å². The number of hydrogen-bond acceptors (Lipinski definition) is 5. The summed E-state index contributed by atoms with van der Waals surface area (Å²) in [5.41, 5.74) is 1.59. The molecule has 3 rings (SSSR count). The number of anilines is 2. The third-order valence-corrected chi connectivity index (χ3v) is 3.98. The second-order valence-corrected chi connectivity index (χ2v) is 5.74. The molecule has 0 bridgehead atoms. The van der Waals surface area contributed by atoms with Gasteiger partial charge in [-0.1, -0.05) is 12.1 Å². The summed E-state index contributed by atoms with van der Waals surface area (Å²) >= 11 is 0. The van der Waals surface area contributed by atoms with Crippen molar-refractivity contribution in [3.8, 4) is 11.6 Å². The lowest BCUT2D eigenvalue weighted by Gasteiger charge is -2.12. The van der Waals surface area contributed by atoms with Crippen molar-refractivity contribution >= 4 is 23.2 Å². The van der Waals surface area contributed by atoms with E-state index >= 15 is 0 Å². The minimum Gasteiger partial charge on any atom is -0.497 e. The number of methoxy groups -OCH3 is 2. The smallest absolute Gasteiger partial charge is 0.261 e. The quantitative estimate of drug-likeness (QED) is 0.685. The number of para-hydroxylation sites is 1. The number of nitrogens with one attached hydrogen (secondary N) is 2. The molecule has 3 aromatic rings. The molecule has 142 valence electrons. The van der Waals surface area contributed by atoms with Crippen LogP contribution in [0.2, 0.25) is 0 Å². The van der Waals surface area contributed by atoms with Crippen LogP contribution in [0, 0.1) is 0 Å². The lowest BCUT2D eigenvalue weighted by atomic mass is 10.1. The van der Waals surface area contributed by atoms with Crippen LogP contribution >= 0.6 is 0 Å². The molecular formula is C21H19N3O4. The van der Waals surface area contributed by atoms with Crippen molar-refractivity contribution in [1.29, 1.82) is 0 Å². The first-order valence-corrected chi connectivity index (χ1v) is 8.47. The van der Waals surface area contributed by atoms with Crippen LogP contribution in [0.25, 0.3) is 0 Å². The lowest BCUT2D eigenvalue weighted by molar-refractivity contribution is 0.102. The number of hydrogen-bond donors (Lipinski definition) is 2. The van der Waals surface area contributed by atoms with Crippen molar-refractivity contribution in [2.45, 2.75) is 0 Å². The number of amides is 2. The summed E-state index contributed by atoms with van der Waals surface area (Å²) in [6.45, 7) is 0. The van der Waals surface area contributed by atoms with Crippen molar-refractivity contribution in [3.05, 3.63) is 78.0 Å². The molecule has 0 aliphatic heterocycles. The Morgan fingerprint density at radius 1 is 0.786 bits per heavy atom. The molecule has 2 amide bonds. The third kappa shape index (κ3) is 4.27. The molecule has 0 saturated heterocycles. The summed E-state index contributed by atoms with van der Waals surface area (Å²) in [5, 5.41) is 5.55. The monoisotopic (exact) mass is 377 g/mol. The van der Waals surface area contributed by atoms with Crippen molar-refractivity contribution in [1.82, 2.24) is 4.98 Å². The van der Waals surface area contributed by atoms with Gasteiger partial charge in [0.1, 0.15) is 11.3 Å². The first-order valence-electron chi connectivity index (χ1n) is 8.47. The fourth-order valence-electron chi connectivity index (χ4n) is 2.58. The zero-order valence-corrected chi connectivity index (χ0v) is 15.4. The minimum atomic E-state index is -0.422. The van der Waals surface area contributed by atoms with Crippen LogP contribution in [0.1, 0.15) is 20.7 Å². The molecule has 7 heteroatoms. The SMILES string of the molecule is COc1ccc(NC(=O)c2ccccc2NC(=O)c2cccnc2OC)cc1. The van der Waals surface area contributed by atoms with E-state index in [0.29, 0.717) is 22.7 Å². The van der Waals surface area contributed by atoms with E-state index in [9.17, 15) is 9.59 Å². The number of carbonyl (C=O) groups excluding carboxylic acids is 2. The Hall–Kier alpha value is -3.87. The molecule has 1 heterocycles. The van der Waals surface area contributed by atoms with Crippen LogP contribution in [0.5, 0.6) is 11.6 Å². The highest BCUT2D eigenvalue weighted by molar-refractivity contribution is 6.13. The summed E-state index contributed by atoms with van der Waals surface area (Å²) in [5.74, 6) is 0.130. The predicted molar refractivity (Wildman–Crippen MR) is 106 cm³/mol. The Balaban J connectivity index is 1.80. The molecule has 0 radical (unpaired) electrons. The Bertz CT molecular complexity index is 987. The van der Waals surface area contributed by atoms with E-state index in [0.717, 1.165) is 0 Å². The predicted octanol–water partition coefficient (Wildman–Crippen LogP) is 3.60. The van der Waals surface area contributed by atoms with Gasteiger partial charge in [-0.2, -0.15) is 0 Å². The molecule has 0 saturated carbocycles. The highest BCUT2D eigenvalue weighted by Crippen LogP contribution is 2.21. The first-order chi connectivity index (χ1) is 13.6. The molecule has 2 aromatic carbocycles. The summed E-state index contributed by atoms with van der Waals surface area (Å²) < 4.78 is 10.2. The van der Waals surface area contributed by atoms with Crippen molar-refractivity contribution in [2.24, 2.45) is 0 Å². The Kier molecular flexibility index (Phi) is 5.86. The van der Waals surface area contributed by atoms with Gasteiger partial charge in [0.15, 0.2) is 0 Å². The molecule has 0 atom stereocenters. The first kappa shape index (κ1) is 18.9. The van der Waals surface area contributed by atoms with Crippen LogP contribution in [0.3, 0.4) is 0 Å². The zero-order valence-electron chi connectivity index (χ0n) is 15.4. The maximum atomic E-state index is 12.7. The normalized spacial score (nSPS) is 10.1. The highest BCUT2D eigenvalue weighted by atomic mass is 16.5. The maximum Gasteiger partial charge on any atom is 0.261 e.